The smallest absolute Gasteiger partial charge is 0.229 e. The highest BCUT2D eigenvalue weighted by Gasteiger charge is 2.11. The first-order valence-corrected chi connectivity index (χ1v) is 8.11. The summed E-state index contributed by atoms with van der Waals surface area (Å²) < 4.78 is 5.19. The van der Waals surface area contributed by atoms with Crippen LogP contribution in [0.3, 0.4) is 0 Å². The molecule has 24 heavy (non-hydrogen) atoms. The lowest BCUT2D eigenvalue weighted by atomic mass is 10.1. The van der Waals surface area contributed by atoms with Gasteiger partial charge in [0.2, 0.25) is 5.95 Å². The minimum Gasteiger partial charge on any atom is -0.497 e. The van der Waals surface area contributed by atoms with E-state index in [9.17, 15) is 0 Å². The molecule has 0 spiro atoms. The second kappa shape index (κ2) is 7.59. The molecule has 0 aliphatic heterocycles. The van der Waals surface area contributed by atoms with Crippen molar-refractivity contribution in [2.24, 2.45) is 0 Å². The van der Waals surface area contributed by atoms with Crippen LogP contribution in [0.2, 0.25) is 0 Å². The van der Waals surface area contributed by atoms with E-state index < -0.39 is 0 Å². The Balaban J connectivity index is 1.86. The van der Waals surface area contributed by atoms with Gasteiger partial charge in [0.25, 0.3) is 0 Å². The van der Waals surface area contributed by atoms with E-state index in [4.69, 9.17) is 4.74 Å². The van der Waals surface area contributed by atoms with Crippen LogP contribution in [0.1, 0.15) is 13.3 Å². The Kier molecular flexibility index (Phi) is 5.06. The summed E-state index contributed by atoms with van der Waals surface area (Å²) in [6, 6.07) is 18.1. The number of aromatic nitrogens is 2. The quantitative estimate of drug-likeness (QED) is 0.660. The van der Waals surface area contributed by atoms with E-state index in [1.54, 1.807) is 7.11 Å². The number of nitrogens with zero attached hydrogens (tertiary/aromatic N) is 3. The van der Waals surface area contributed by atoms with Crippen molar-refractivity contribution in [2.45, 2.75) is 13.3 Å². The number of benzene rings is 2. The Morgan fingerprint density at radius 1 is 0.875 bits per heavy atom. The summed E-state index contributed by atoms with van der Waals surface area (Å²) in [5, 5.41) is 0. The second-order valence-corrected chi connectivity index (χ2v) is 5.49. The SMILES string of the molecule is CCCN(c1ccccc1)c1ncc(-c2ccc(OC)cc2)cn1. The fraction of sp³-hybridized carbons (Fsp3) is 0.200. The number of para-hydroxylation sites is 1. The number of ether oxygens (including phenoxy) is 1. The Hall–Kier alpha value is -2.88. The number of hydrogen-bond acceptors (Lipinski definition) is 4. The van der Waals surface area contributed by atoms with Crippen molar-refractivity contribution >= 4 is 11.6 Å². The van der Waals surface area contributed by atoms with Gasteiger partial charge < -0.3 is 9.64 Å². The molecule has 0 saturated heterocycles. The zero-order valence-electron chi connectivity index (χ0n) is 14.0. The van der Waals surface area contributed by atoms with Crippen LogP contribution in [-0.4, -0.2) is 23.6 Å². The fourth-order valence-corrected chi connectivity index (χ4v) is 2.57. The molecule has 3 aromatic rings. The van der Waals surface area contributed by atoms with Crippen LogP contribution in [0, 0.1) is 0 Å². The Morgan fingerprint density at radius 3 is 2.12 bits per heavy atom. The monoisotopic (exact) mass is 319 g/mol. The van der Waals surface area contributed by atoms with Gasteiger partial charge in [0.05, 0.1) is 7.11 Å². The molecule has 2 aromatic carbocycles. The van der Waals surface area contributed by atoms with Gasteiger partial charge >= 0.3 is 0 Å². The lowest BCUT2D eigenvalue weighted by Gasteiger charge is -2.22. The van der Waals surface area contributed by atoms with Crippen LogP contribution < -0.4 is 9.64 Å². The van der Waals surface area contributed by atoms with Crippen LogP contribution in [0.15, 0.2) is 67.0 Å². The van der Waals surface area contributed by atoms with E-state index in [1.807, 2.05) is 54.9 Å². The molecular weight excluding hydrogens is 298 g/mol. The minimum atomic E-state index is 0.723. The van der Waals surface area contributed by atoms with Gasteiger partial charge in [0.1, 0.15) is 5.75 Å². The van der Waals surface area contributed by atoms with E-state index in [1.165, 1.54) is 0 Å². The first-order chi connectivity index (χ1) is 11.8. The summed E-state index contributed by atoms with van der Waals surface area (Å²) in [7, 11) is 1.67. The maximum absolute atomic E-state index is 5.19. The summed E-state index contributed by atoms with van der Waals surface area (Å²) in [6.45, 7) is 3.04. The molecule has 0 bridgehead atoms. The molecule has 0 N–H and O–H groups in total. The van der Waals surface area contributed by atoms with Crippen molar-refractivity contribution in [1.82, 2.24) is 9.97 Å². The third kappa shape index (κ3) is 3.54. The number of methoxy groups -OCH3 is 1. The van der Waals surface area contributed by atoms with Crippen LogP contribution in [-0.2, 0) is 0 Å². The zero-order chi connectivity index (χ0) is 16.8. The van der Waals surface area contributed by atoms with Crippen molar-refractivity contribution in [3.05, 3.63) is 67.0 Å². The highest BCUT2D eigenvalue weighted by atomic mass is 16.5. The molecule has 0 unspecified atom stereocenters. The lowest BCUT2D eigenvalue weighted by Crippen LogP contribution is -2.20. The molecule has 0 saturated carbocycles. The maximum atomic E-state index is 5.19. The average molecular weight is 319 g/mol. The van der Waals surface area contributed by atoms with Crippen LogP contribution in [0.4, 0.5) is 11.6 Å². The number of anilines is 2. The molecule has 0 amide bonds. The van der Waals surface area contributed by atoms with Gasteiger partial charge in [-0.3, -0.25) is 0 Å². The molecule has 4 heteroatoms. The Bertz CT molecular complexity index is 755. The molecule has 0 atom stereocenters. The highest BCUT2D eigenvalue weighted by Crippen LogP contribution is 2.25. The number of rotatable bonds is 6. The van der Waals surface area contributed by atoms with E-state index in [0.717, 1.165) is 41.5 Å². The molecular formula is C20H21N3O. The van der Waals surface area contributed by atoms with E-state index >= 15 is 0 Å². The summed E-state index contributed by atoms with van der Waals surface area (Å²) in [5.41, 5.74) is 3.17. The van der Waals surface area contributed by atoms with Gasteiger partial charge in [-0.05, 0) is 36.2 Å². The lowest BCUT2D eigenvalue weighted by molar-refractivity contribution is 0.415. The predicted molar refractivity (Wildman–Crippen MR) is 97.8 cm³/mol. The maximum Gasteiger partial charge on any atom is 0.229 e. The summed E-state index contributed by atoms with van der Waals surface area (Å²) in [6.07, 6.45) is 4.77. The normalized spacial score (nSPS) is 10.4. The second-order valence-electron chi connectivity index (χ2n) is 5.49. The molecule has 0 aliphatic carbocycles. The van der Waals surface area contributed by atoms with E-state index in [0.29, 0.717) is 0 Å². The van der Waals surface area contributed by atoms with Gasteiger partial charge in [0.15, 0.2) is 0 Å². The minimum absolute atomic E-state index is 0.723. The van der Waals surface area contributed by atoms with Gasteiger partial charge in [0, 0.05) is 30.2 Å². The van der Waals surface area contributed by atoms with Crippen LogP contribution >= 0.6 is 0 Å². The molecule has 0 radical (unpaired) electrons. The Labute approximate surface area is 142 Å². The van der Waals surface area contributed by atoms with Crippen molar-refractivity contribution in [3.63, 3.8) is 0 Å². The largest absolute Gasteiger partial charge is 0.497 e. The third-order valence-corrected chi connectivity index (χ3v) is 3.82. The van der Waals surface area contributed by atoms with Crippen molar-refractivity contribution < 1.29 is 4.74 Å². The van der Waals surface area contributed by atoms with Crippen LogP contribution in [0.25, 0.3) is 11.1 Å². The topological polar surface area (TPSA) is 38.2 Å². The van der Waals surface area contributed by atoms with Gasteiger partial charge in [-0.15, -0.1) is 0 Å². The Morgan fingerprint density at radius 2 is 1.54 bits per heavy atom. The molecule has 1 aromatic heterocycles. The van der Waals surface area contributed by atoms with Gasteiger partial charge in [-0.2, -0.15) is 0 Å². The molecule has 122 valence electrons. The molecule has 0 aliphatic rings. The molecule has 3 rings (SSSR count). The summed E-state index contributed by atoms with van der Waals surface area (Å²) in [4.78, 5) is 11.3. The standard InChI is InChI=1S/C20H21N3O/c1-3-13-23(18-7-5-4-6-8-18)20-21-14-17(15-22-20)16-9-11-19(24-2)12-10-16/h4-12,14-15H,3,13H2,1-2H3. The predicted octanol–water partition coefficient (Wildman–Crippen LogP) is 4.70. The van der Waals surface area contributed by atoms with E-state index in [2.05, 4.69) is 33.9 Å². The highest BCUT2D eigenvalue weighted by molar-refractivity contribution is 5.64. The first kappa shape index (κ1) is 16.0. The fourth-order valence-electron chi connectivity index (χ4n) is 2.57. The van der Waals surface area contributed by atoms with Gasteiger partial charge in [-0.1, -0.05) is 37.3 Å². The first-order valence-electron chi connectivity index (χ1n) is 8.11. The van der Waals surface area contributed by atoms with Crippen molar-refractivity contribution in [3.8, 4) is 16.9 Å². The summed E-state index contributed by atoms with van der Waals surface area (Å²) in [5.74, 6) is 1.56. The molecule has 1 heterocycles. The van der Waals surface area contributed by atoms with E-state index in [-0.39, 0.29) is 0 Å². The van der Waals surface area contributed by atoms with Crippen molar-refractivity contribution in [1.29, 1.82) is 0 Å². The molecule has 0 fully saturated rings. The number of hydrogen-bond donors (Lipinski definition) is 0. The summed E-state index contributed by atoms with van der Waals surface area (Å²) >= 11 is 0. The zero-order valence-corrected chi connectivity index (χ0v) is 14.0. The third-order valence-electron chi connectivity index (χ3n) is 3.82. The average Bonchev–Trinajstić information content (AvgIpc) is 2.67. The molecule has 4 nitrogen and oxygen atoms in total. The van der Waals surface area contributed by atoms with Crippen molar-refractivity contribution in [2.75, 3.05) is 18.6 Å². The van der Waals surface area contributed by atoms with Gasteiger partial charge in [-0.25, -0.2) is 9.97 Å². The van der Waals surface area contributed by atoms with Crippen LogP contribution in [0.5, 0.6) is 5.75 Å².